The number of hydrogen-bond acceptors (Lipinski definition) is 4. The number of carboxylic acid groups (broad SMARTS) is 1. The lowest BCUT2D eigenvalue weighted by Gasteiger charge is -2.42. The van der Waals surface area contributed by atoms with E-state index in [9.17, 15) is 9.90 Å². The van der Waals surface area contributed by atoms with E-state index >= 15 is 0 Å². The second-order valence-electron chi connectivity index (χ2n) is 5.31. The molecule has 1 amide bonds. The molecule has 0 radical (unpaired) electrons. The van der Waals surface area contributed by atoms with E-state index in [1.54, 1.807) is 0 Å². The van der Waals surface area contributed by atoms with Gasteiger partial charge in [0.25, 0.3) is 0 Å². The normalized spacial score (nSPS) is 26.1. The summed E-state index contributed by atoms with van der Waals surface area (Å²) in [5.74, 6) is 0.786. The average Bonchev–Trinajstić information content (AvgIpc) is 2.47. The summed E-state index contributed by atoms with van der Waals surface area (Å²) in [5.41, 5.74) is 0.951. The monoisotopic (exact) mass is 356 g/mol. The van der Waals surface area contributed by atoms with Crippen molar-refractivity contribution in [3.8, 4) is 5.75 Å². The van der Waals surface area contributed by atoms with Crippen molar-refractivity contribution < 1.29 is 19.7 Å². The van der Waals surface area contributed by atoms with Gasteiger partial charge in [0.05, 0.1) is 6.04 Å². The summed E-state index contributed by atoms with van der Waals surface area (Å²) in [6, 6.07) is 5.62. The Morgan fingerprint density at radius 3 is 2.67 bits per heavy atom. The van der Waals surface area contributed by atoms with Gasteiger partial charge in [0.2, 0.25) is 0 Å². The Balaban J connectivity index is 1.82. The zero-order chi connectivity index (χ0) is 15.0. The van der Waals surface area contributed by atoms with Gasteiger partial charge in [-0.15, -0.1) is 0 Å². The summed E-state index contributed by atoms with van der Waals surface area (Å²) in [4.78, 5) is 14.5. The third-order valence-electron chi connectivity index (χ3n) is 4.04. The summed E-state index contributed by atoms with van der Waals surface area (Å²) in [6.45, 7) is 2.41. The zero-order valence-electron chi connectivity index (χ0n) is 11.4. The van der Waals surface area contributed by atoms with Crippen LogP contribution in [0.1, 0.15) is 11.6 Å². The van der Waals surface area contributed by atoms with Crippen LogP contribution in [0.25, 0.3) is 0 Å². The molecule has 2 aliphatic heterocycles. The van der Waals surface area contributed by atoms with Crippen molar-refractivity contribution >= 4 is 22.0 Å². The Morgan fingerprint density at radius 1 is 1.29 bits per heavy atom. The number of hydrogen-bond donors (Lipinski definition) is 2. The number of aliphatic hydroxyl groups excluding tert-OH is 1. The minimum atomic E-state index is -0.884. The van der Waals surface area contributed by atoms with Crippen molar-refractivity contribution in [2.24, 2.45) is 0 Å². The minimum Gasteiger partial charge on any atom is -0.490 e. The number of halogens is 1. The van der Waals surface area contributed by atoms with Crippen LogP contribution in [0.2, 0.25) is 0 Å². The molecule has 1 fully saturated rings. The van der Waals surface area contributed by atoms with Gasteiger partial charge in [0.15, 0.2) is 0 Å². The van der Waals surface area contributed by atoms with Crippen LogP contribution < -0.4 is 4.74 Å². The highest BCUT2D eigenvalue weighted by molar-refractivity contribution is 9.10. The molecule has 0 unspecified atom stereocenters. The maximum Gasteiger partial charge on any atom is 0.407 e. The van der Waals surface area contributed by atoms with Crippen LogP contribution in [-0.4, -0.2) is 65.0 Å². The Labute approximate surface area is 131 Å². The minimum absolute atomic E-state index is 0.151. The second kappa shape index (κ2) is 5.82. The number of nitrogens with zero attached hydrogens (tertiary/aromatic N) is 2. The van der Waals surface area contributed by atoms with Crippen LogP contribution in [0.15, 0.2) is 22.7 Å². The summed E-state index contributed by atoms with van der Waals surface area (Å²) in [5, 5.41) is 19.3. The number of benzene rings is 1. The van der Waals surface area contributed by atoms with E-state index in [4.69, 9.17) is 9.84 Å². The fourth-order valence-corrected chi connectivity index (χ4v) is 3.37. The first-order valence-corrected chi connectivity index (χ1v) is 7.68. The molecule has 0 aromatic heterocycles. The molecule has 0 aliphatic carbocycles. The Bertz CT molecular complexity index is 546. The van der Waals surface area contributed by atoms with Crippen molar-refractivity contribution in [1.29, 1.82) is 0 Å². The van der Waals surface area contributed by atoms with E-state index in [1.807, 2.05) is 18.2 Å². The molecule has 21 heavy (non-hydrogen) atoms. The molecule has 0 saturated carbocycles. The lowest BCUT2D eigenvalue weighted by Crippen LogP contribution is -2.52. The SMILES string of the molecule is O=C(O)N1CCN([C@H]2c3cc(Br)ccc3OC[C@@H]2O)CC1. The van der Waals surface area contributed by atoms with Gasteiger partial charge in [-0.1, -0.05) is 15.9 Å². The van der Waals surface area contributed by atoms with Gasteiger partial charge in [0, 0.05) is 36.2 Å². The molecule has 1 aromatic carbocycles. The van der Waals surface area contributed by atoms with E-state index in [2.05, 4.69) is 20.8 Å². The van der Waals surface area contributed by atoms with Crippen molar-refractivity contribution in [3.63, 3.8) is 0 Å². The first-order chi connectivity index (χ1) is 10.1. The molecular weight excluding hydrogens is 340 g/mol. The molecule has 114 valence electrons. The second-order valence-corrected chi connectivity index (χ2v) is 6.23. The summed E-state index contributed by atoms with van der Waals surface area (Å²) in [7, 11) is 0. The summed E-state index contributed by atoms with van der Waals surface area (Å²) in [6.07, 6.45) is -1.49. The van der Waals surface area contributed by atoms with Crippen LogP contribution in [0.3, 0.4) is 0 Å². The topological polar surface area (TPSA) is 73.2 Å². The molecule has 1 saturated heterocycles. The number of amides is 1. The highest BCUT2D eigenvalue weighted by Crippen LogP contribution is 2.38. The largest absolute Gasteiger partial charge is 0.490 e. The third kappa shape index (κ3) is 2.86. The molecule has 0 spiro atoms. The van der Waals surface area contributed by atoms with Crippen molar-refractivity contribution in [2.75, 3.05) is 32.8 Å². The van der Waals surface area contributed by atoms with Crippen molar-refractivity contribution in [2.45, 2.75) is 12.1 Å². The van der Waals surface area contributed by atoms with Crippen molar-refractivity contribution in [3.05, 3.63) is 28.2 Å². The zero-order valence-corrected chi connectivity index (χ0v) is 13.0. The summed E-state index contributed by atoms with van der Waals surface area (Å²) >= 11 is 3.45. The number of aliphatic hydroxyl groups is 1. The summed E-state index contributed by atoms with van der Waals surface area (Å²) < 4.78 is 6.51. The van der Waals surface area contributed by atoms with Gasteiger partial charge < -0.3 is 19.8 Å². The lowest BCUT2D eigenvalue weighted by atomic mass is 9.96. The third-order valence-corrected chi connectivity index (χ3v) is 4.54. The van der Waals surface area contributed by atoms with Crippen molar-refractivity contribution in [1.82, 2.24) is 9.80 Å². The van der Waals surface area contributed by atoms with E-state index in [-0.39, 0.29) is 12.6 Å². The lowest BCUT2D eigenvalue weighted by molar-refractivity contribution is -0.0159. The first kappa shape index (κ1) is 14.6. The van der Waals surface area contributed by atoms with E-state index in [1.165, 1.54) is 4.90 Å². The molecule has 0 bridgehead atoms. The van der Waals surface area contributed by atoms with Crippen LogP contribution in [0, 0.1) is 0 Å². The van der Waals surface area contributed by atoms with Gasteiger partial charge in [-0.3, -0.25) is 4.90 Å². The molecule has 6 nitrogen and oxygen atoms in total. The van der Waals surface area contributed by atoms with Crippen LogP contribution >= 0.6 is 15.9 Å². The Morgan fingerprint density at radius 2 is 2.00 bits per heavy atom. The maximum atomic E-state index is 11.0. The number of rotatable bonds is 1. The quantitative estimate of drug-likeness (QED) is 0.798. The fourth-order valence-electron chi connectivity index (χ4n) is 2.99. The number of fused-ring (bicyclic) bond motifs is 1. The number of carbonyl (C=O) groups is 1. The van der Waals surface area contributed by atoms with Gasteiger partial charge in [0.1, 0.15) is 18.5 Å². The first-order valence-electron chi connectivity index (χ1n) is 6.88. The molecule has 3 rings (SSSR count). The smallest absolute Gasteiger partial charge is 0.407 e. The van der Waals surface area contributed by atoms with Gasteiger partial charge in [-0.2, -0.15) is 0 Å². The highest BCUT2D eigenvalue weighted by atomic mass is 79.9. The van der Waals surface area contributed by atoms with E-state index in [0.717, 1.165) is 15.8 Å². The van der Waals surface area contributed by atoms with E-state index < -0.39 is 12.2 Å². The number of piperazine rings is 1. The predicted octanol–water partition coefficient (Wildman–Crippen LogP) is 1.54. The molecule has 1 aromatic rings. The standard InChI is InChI=1S/C14H17BrN2O4/c15-9-1-2-12-10(7-9)13(11(18)8-21-12)16-3-5-17(6-4-16)14(19)20/h1-2,7,11,13,18H,3-6,8H2,(H,19,20)/t11-,13-/m0/s1. The Hall–Kier alpha value is -1.31. The van der Waals surface area contributed by atoms with Gasteiger partial charge in [-0.05, 0) is 18.2 Å². The molecule has 2 atom stereocenters. The molecule has 2 aliphatic rings. The highest BCUT2D eigenvalue weighted by Gasteiger charge is 2.36. The fraction of sp³-hybridized carbons (Fsp3) is 0.500. The Kier molecular flexibility index (Phi) is 4.05. The molecular formula is C14H17BrN2O4. The van der Waals surface area contributed by atoms with E-state index in [0.29, 0.717) is 26.2 Å². The van der Waals surface area contributed by atoms with Crippen LogP contribution in [-0.2, 0) is 0 Å². The average molecular weight is 357 g/mol. The number of ether oxygens (including phenoxy) is 1. The predicted molar refractivity (Wildman–Crippen MR) is 79.6 cm³/mol. The molecule has 2 N–H and O–H groups in total. The maximum absolute atomic E-state index is 11.0. The molecule has 2 heterocycles. The van der Waals surface area contributed by atoms with Gasteiger partial charge >= 0.3 is 6.09 Å². The van der Waals surface area contributed by atoms with Crippen LogP contribution in [0.5, 0.6) is 5.75 Å². The van der Waals surface area contributed by atoms with Gasteiger partial charge in [-0.25, -0.2) is 4.79 Å². The molecule has 7 heteroatoms. The van der Waals surface area contributed by atoms with Crippen LogP contribution in [0.4, 0.5) is 4.79 Å².